The standard InChI is InChI=1S/C14H30N2/c1-4-6-11-16(5-2)12-14(15-3)13-9-7-8-10-13/h13-15H,4-12H2,1-3H3. The van der Waals surface area contributed by atoms with E-state index in [1.165, 1.54) is 58.2 Å². The number of nitrogens with one attached hydrogen (secondary N) is 1. The third-order valence-corrected chi connectivity index (χ3v) is 4.07. The molecular weight excluding hydrogens is 196 g/mol. The van der Waals surface area contributed by atoms with Crippen LogP contribution < -0.4 is 5.32 Å². The van der Waals surface area contributed by atoms with Gasteiger partial charge < -0.3 is 10.2 Å². The van der Waals surface area contributed by atoms with Crippen molar-refractivity contribution in [3.05, 3.63) is 0 Å². The van der Waals surface area contributed by atoms with Gasteiger partial charge in [0.1, 0.15) is 0 Å². The maximum absolute atomic E-state index is 3.54. The van der Waals surface area contributed by atoms with Crippen molar-refractivity contribution in [2.75, 3.05) is 26.7 Å². The summed E-state index contributed by atoms with van der Waals surface area (Å²) in [6, 6.07) is 0.722. The van der Waals surface area contributed by atoms with E-state index in [1.54, 1.807) is 0 Å². The van der Waals surface area contributed by atoms with Gasteiger partial charge in [-0.3, -0.25) is 0 Å². The smallest absolute Gasteiger partial charge is 0.0220 e. The molecule has 0 spiro atoms. The molecule has 1 N–H and O–H groups in total. The third kappa shape index (κ3) is 4.42. The Kier molecular flexibility index (Phi) is 7.06. The molecule has 1 saturated carbocycles. The van der Waals surface area contributed by atoms with Gasteiger partial charge in [-0.1, -0.05) is 33.1 Å². The van der Waals surface area contributed by atoms with Crippen LogP contribution in [0.4, 0.5) is 0 Å². The van der Waals surface area contributed by atoms with Crippen LogP contribution in [-0.2, 0) is 0 Å². The Labute approximate surface area is 102 Å². The van der Waals surface area contributed by atoms with Crippen LogP contribution in [0.5, 0.6) is 0 Å². The van der Waals surface area contributed by atoms with Gasteiger partial charge in [-0.15, -0.1) is 0 Å². The highest BCUT2D eigenvalue weighted by atomic mass is 15.1. The summed E-state index contributed by atoms with van der Waals surface area (Å²) in [6.07, 6.45) is 8.43. The van der Waals surface area contributed by atoms with Crippen molar-refractivity contribution in [3.63, 3.8) is 0 Å². The first-order valence-electron chi connectivity index (χ1n) is 7.21. The van der Waals surface area contributed by atoms with E-state index in [0.29, 0.717) is 0 Å². The number of unbranched alkanes of at least 4 members (excludes halogenated alkanes) is 1. The minimum atomic E-state index is 0.722. The molecule has 1 rings (SSSR count). The van der Waals surface area contributed by atoms with Gasteiger partial charge in [0, 0.05) is 12.6 Å². The van der Waals surface area contributed by atoms with E-state index < -0.39 is 0 Å². The summed E-state index contributed by atoms with van der Waals surface area (Å²) in [5.74, 6) is 0.931. The van der Waals surface area contributed by atoms with E-state index in [1.807, 2.05) is 0 Å². The van der Waals surface area contributed by atoms with Gasteiger partial charge in [0.05, 0.1) is 0 Å². The Balaban J connectivity index is 2.33. The molecule has 0 aromatic rings. The molecule has 2 heteroatoms. The van der Waals surface area contributed by atoms with Gasteiger partial charge in [0.15, 0.2) is 0 Å². The van der Waals surface area contributed by atoms with Crippen LogP contribution in [0, 0.1) is 5.92 Å². The third-order valence-electron chi connectivity index (χ3n) is 4.07. The van der Waals surface area contributed by atoms with E-state index in [2.05, 4.69) is 31.1 Å². The minimum absolute atomic E-state index is 0.722. The highest BCUT2D eigenvalue weighted by molar-refractivity contribution is 4.82. The summed E-state index contributed by atoms with van der Waals surface area (Å²) in [4.78, 5) is 2.61. The normalized spacial score (nSPS) is 19.5. The number of nitrogens with zero attached hydrogens (tertiary/aromatic N) is 1. The first-order chi connectivity index (χ1) is 7.81. The highest BCUT2D eigenvalue weighted by Crippen LogP contribution is 2.28. The van der Waals surface area contributed by atoms with Gasteiger partial charge in [-0.2, -0.15) is 0 Å². The van der Waals surface area contributed by atoms with Crippen LogP contribution in [0.2, 0.25) is 0 Å². The van der Waals surface area contributed by atoms with Crippen molar-refractivity contribution in [1.29, 1.82) is 0 Å². The molecule has 0 bridgehead atoms. The summed E-state index contributed by atoms with van der Waals surface area (Å²) in [5, 5.41) is 3.54. The molecule has 2 nitrogen and oxygen atoms in total. The highest BCUT2D eigenvalue weighted by Gasteiger charge is 2.24. The lowest BCUT2D eigenvalue weighted by atomic mass is 9.97. The Hall–Kier alpha value is -0.0800. The van der Waals surface area contributed by atoms with Crippen LogP contribution in [0.15, 0.2) is 0 Å². The molecule has 16 heavy (non-hydrogen) atoms. The van der Waals surface area contributed by atoms with Gasteiger partial charge in [-0.25, -0.2) is 0 Å². The summed E-state index contributed by atoms with van der Waals surface area (Å²) in [5.41, 5.74) is 0. The fourth-order valence-electron chi connectivity index (χ4n) is 2.87. The van der Waals surface area contributed by atoms with Crippen LogP contribution in [-0.4, -0.2) is 37.6 Å². The molecule has 0 aliphatic heterocycles. The molecule has 1 fully saturated rings. The SMILES string of the molecule is CCCCN(CC)CC(NC)C1CCCC1. The first kappa shape index (κ1) is 14.0. The van der Waals surface area contributed by atoms with E-state index >= 15 is 0 Å². The molecule has 0 heterocycles. The Morgan fingerprint density at radius 1 is 1.25 bits per heavy atom. The zero-order chi connectivity index (χ0) is 11.8. The second kappa shape index (κ2) is 8.08. The van der Waals surface area contributed by atoms with Gasteiger partial charge >= 0.3 is 0 Å². The predicted octanol–water partition coefficient (Wildman–Crippen LogP) is 2.89. The molecular formula is C14H30N2. The van der Waals surface area contributed by atoms with E-state index in [4.69, 9.17) is 0 Å². The minimum Gasteiger partial charge on any atom is -0.315 e. The molecule has 0 amide bonds. The van der Waals surface area contributed by atoms with Gasteiger partial charge in [0.2, 0.25) is 0 Å². The maximum Gasteiger partial charge on any atom is 0.0220 e. The molecule has 0 radical (unpaired) electrons. The van der Waals surface area contributed by atoms with Crippen molar-refractivity contribution in [1.82, 2.24) is 10.2 Å². The fraction of sp³-hybridized carbons (Fsp3) is 1.00. The Morgan fingerprint density at radius 2 is 1.94 bits per heavy atom. The number of hydrogen-bond acceptors (Lipinski definition) is 2. The quantitative estimate of drug-likeness (QED) is 0.684. The van der Waals surface area contributed by atoms with Crippen LogP contribution in [0.3, 0.4) is 0 Å². The summed E-state index contributed by atoms with van der Waals surface area (Å²) in [7, 11) is 2.14. The molecule has 0 saturated heterocycles. The molecule has 0 aromatic carbocycles. The Bertz CT molecular complexity index is 164. The monoisotopic (exact) mass is 226 g/mol. The molecule has 96 valence electrons. The fourth-order valence-corrected chi connectivity index (χ4v) is 2.87. The maximum atomic E-state index is 3.54. The zero-order valence-corrected chi connectivity index (χ0v) is 11.5. The molecule has 0 aromatic heterocycles. The number of hydrogen-bond donors (Lipinski definition) is 1. The van der Waals surface area contributed by atoms with Crippen molar-refractivity contribution < 1.29 is 0 Å². The van der Waals surface area contributed by atoms with Crippen LogP contribution >= 0.6 is 0 Å². The molecule has 1 aliphatic carbocycles. The molecule has 1 atom stereocenters. The average molecular weight is 226 g/mol. The topological polar surface area (TPSA) is 15.3 Å². The zero-order valence-electron chi connectivity index (χ0n) is 11.5. The van der Waals surface area contributed by atoms with E-state index in [-0.39, 0.29) is 0 Å². The molecule has 1 aliphatic rings. The lowest BCUT2D eigenvalue weighted by Gasteiger charge is -2.30. The number of likely N-dealkylation sites (N-methyl/N-ethyl adjacent to an activating group) is 2. The van der Waals surface area contributed by atoms with Crippen molar-refractivity contribution >= 4 is 0 Å². The summed E-state index contributed by atoms with van der Waals surface area (Å²) < 4.78 is 0. The summed E-state index contributed by atoms with van der Waals surface area (Å²) in [6.45, 7) is 8.29. The Morgan fingerprint density at radius 3 is 2.44 bits per heavy atom. The second-order valence-electron chi connectivity index (χ2n) is 5.19. The van der Waals surface area contributed by atoms with E-state index in [0.717, 1.165) is 12.0 Å². The van der Waals surface area contributed by atoms with Crippen molar-refractivity contribution in [3.8, 4) is 0 Å². The van der Waals surface area contributed by atoms with Crippen LogP contribution in [0.25, 0.3) is 0 Å². The van der Waals surface area contributed by atoms with Gasteiger partial charge in [-0.05, 0) is 45.3 Å². The summed E-state index contributed by atoms with van der Waals surface area (Å²) >= 11 is 0. The number of rotatable bonds is 8. The molecule has 1 unspecified atom stereocenters. The van der Waals surface area contributed by atoms with Gasteiger partial charge in [0.25, 0.3) is 0 Å². The second-order valence-corrected chi connectivity index (χ2v) is 5.19. The van der Waals surface area contributed by atoms with Crippen molar-refractivity contribution in [2.45, 2.75) is 58.4 Å². The van der Waals surface area contributed by atoms with E-state index in [9.17, 15) is 0 Å². The first-order valence-corrected chi connectivity index (χ1v) is 7.21. The van der Waals surface area contributed by atoms with Crippen LogP contribution in [0.1, 0.15) is 52.4 Å². The lowest BCUT2D eigenvalue weighted by molar-refractivity contribution is 0.219. The van der Waals surface area contributed by atoms with Crippen molar-refractivity contribution in [2.24, 2.45) is 5.92 Å². The largest absolute Gasteiger partial charge is 0.315 e. The lowest BCUT2D eigenvalue weighted by Crippen LogP contribution is -2.43. The predicted molar refractivity (Wildman–Crippen MR) is 71.8 cm³/mol. The average Bonchev–Trinajstić information content (AvgIpc) is 2.83.